The van der Waals surface area contributed by atoms with E-state index in [2.05, 4.69) is 6.92 Å². The molecule has 0 atom stereocenters. The Morgan fingerprint density at radius 3 is 1.16 bits per heavy atom. The smallest absolute Gasteiger partial charge is 0.134 e. The number of hydrogen-bond acceptors (Lipinski definition) is 1. The molecule has 0 aromatic heterocycles. The first kappa shape index (κ1) is 25.0. The molecular formula is C23H45ClO. The Bertz CT molecular complexity index is 265. The molecule has 25 heavy (non-hydrogen) atoms. The molecule has 1 nitrogen and oxygen atoms in total. The molecule has 0 amide bonds. The summed E-state index contributed by atoms with van der Waals surface area (Å²) in [4.78, 5) is 11.3. The van der Waals surface area contributed by atoms with Crippen LogP contribution in [0.3, 0.4) is 0 Å². The molecule has 0 bridgehead atoms. The van der Waals surface area contributed by atoms with Gasteiger partial charge in [-0.2, -0.15) is 0 Å². The Morgan fingerprint density at radius 1 is 0.520 bits per heavy atom. The van der Waals surface area contributed by atoms with Crippen LogP contribution in [0.5, 0.6) is 0 Å². The van der Waals surface area contributed by atoms with E-state index in [1.807, 2.05) is 0 Å². The molecule has 150 valence electrons. The molecule has 0 aliphatic heterocycles. The summed E-state index contributed by atoms with van der Waals surface area (Å²) in [6.07, 6.45) is 26.3. The molecule has 0 saturated carbocycles. The largest absolute Gasteiger partial charge is 0.300 e. The number of halogens is 1. The predicted molar refractivity (Wildman–Crippen MR) is 114 cm³/mol. The monoisotopic (exact) mass is 372 g/mol. The summed E-state index contributed by atoms with van der Waals surface area (Å²) in [6.45, 7) is 2.29. The van der Waals surface area contributed by atoms with Crippen molar-refractivity contribution in [3.63, 3.8) is 0 Å². The van der Waals surface area contributed by atoms with Crippen molar-refractivity contribution in [2.75, 3.05) is 5.88 Å². The molecule has 0 aromatic rings. The summed E-state index contributed by atoms with van der Waals surface area (Å²) in [5.41, 5.74) is 0. The first-order chi connectivity index (χ1) is 12.3. The van der Waals surface area contributed by atoms with Crippen molar-refractivity contribution in [3.8, 4) is 0 Å². The molecule has 0 aliphatic rings. The van der Waals surface area contributed by atoms with Gasteiger partial charge >= 0.3 is 0 Å². The van der Waals surface area contributed by atoms with Gasteiger partial charge in [0, 0.05) is 18.7 Å². The molecule has 0 heterocycles. The van der Waals surface area contributed by atoms with E-state index >= 15 is 0 Å². The fourth-order valence-electron chi connectivity index (χ4n) is 3.45. The second-order valence-corrected chi connectivity index (χ2v) is 8.12. The fourth-order valence-corrected chi connectivity index (χ4v) is 3.66. The highest BCUT2D eigenvalue weighted by Gasteiger charge is 2.00. The first-order valence-electron chi connectivity index (χ1n) is 11.4. The molecular weight excluding hydrogens is 328 g/mol. The van der Waals surface area contributed by atoms with E-state index in [0.29, 0.717) is 18.1 Å². The standard InChI is InChI=1S/C23H45ClO/c1-2-3-4-5-6-7-8-9-10-11-12-13-14-15-16-17-18-19-20-23(25)21-22-24/h2-22H2,1H3. The average molecular weight is 373 g/mol. The minimum atomic E-state index is 0.339. The highest BCUT2D eigenvalue weighted by atomic mass is 35.5. The van der Waals surface area contributed by atoms with Gasteiger partial charge in [-0.3, -0.25) is 4.79 Å². The second kappa shape index (κ2) is 22.0. The van der Waals surface area contributed by atoms with Gasteiger partial charge in [-0.05, 0) is 6.42 Å². The van der Waals surface area contributed by atoms with Crippen LogP contribution < -0.4 is 0 Å². The van der Waals surface area contributed by atoms with Crippen molar-refractivity contribution in [1.82, 2.24) is 0 Å². The number of carbonyl (C=O) groups is 1. The van der Waals surface area contributed by atoms with Crippen LogP contribution in [0.2, 0.25) is 0 Å². The van der Waals surface area contributed by atoms with Crippen LogP contribution in [0.15, 0.2) is 0 Å². The van der Waals surface area contributed by atoms with Crippen molar-refractivity contribution < 1.29 is 4.79 Å². The number of hydrogen-bond donors (Lipinski definition) is 0. The summed E-state index contributed by atoms with van der Waals surface area (Å²) in [7, 11) is 0. The van der Waals surface area contributed by atoms with Gasteiger partial charge in [0.1, 0.15) is 5.78 Å². The van der Waals surface area contributed by atoms with Crippen LogP contribution in [0.1, 0.15) is 135 Å². The number of ketones is 1. The minimum absolute atomic E-state index is 0.339. The Hall–Kier alpha value is -0.0400. The van der Waals surface area contributed by atoms with Crippen LogP contribution in [-0.4, -0.2) is 11.7 Å². The summed E-state index contributed by atoms with van der Waals surface area (Å²) >= 11 is 5.56. The molecule has 0 unspecified atom stereocenters. The van der Waals surface area contributed by atoms with Gasteiger partial charge in [-0.25, -0.2) is 0 Å². The lowest BCUT2D eigenvalue weighted by molar-refractivity contribution is -0.118. The van der Waals surface area contributed by atoms with Gasteiger partial charge in [-0.1, -0.05) is 116 Å². The molecule has 0 aliphatic carbocycles. The van der Waals surface area contributed by atoms with Gasteiger partial charge in [0.05, 0.1) is 0 Å². The number of carbonyl (C=O) groups excluding carboxylic acids is 1. The van der Waals surface area contributed by atoms with Crippen LogP contribution in [-0.2, 0) is 4.79 Å². The first-order valence-corrected chi connectivity index (χ1v) is 11.9. The Balaban J connectivity index is 3.02. The summed E-state index contributed by atoms with van der Waals surface area (Å²) in [5.74, 6) is 0.823. The van der Waals surface area contributed by atoms with Crippen LogP contribution >= 0.6 is 11.6 Å². The molecule has 0 aromatic carbocycles. The number of rotatable bonds is 21. The fraction of sp³-hybridized carbons (Fsp3) is 0.957. The van der Waals surface area contributed by atoms with E-state index in [9.17, 15) is 4.79 Å². The molecule has 0 N–H and O–H groups in total. The molecule has 0 spiro atoms. The highest BCUT2D eigenvalue weighted by molar-refractivity contribution is 6.19. The van der Waals surface area contributed by atoms with Crippen molar-refractivity contribution in [2.24, 2.45) is 0 Å². The zero-order chi connectivity index (χ0) is 18.4. The maximum atomic E-state index is 11.3. The van der Waals surface area contributed by atoms with E-state index < -0.39 is 0 Å². The minimum Gasteiger partial charge on any atom is -0.300 e. The zero-order valence-electron chi connectivity index (χ0n) is 17.1. The number of unbranched alkanes of at least 4 members (excludes halogenated alkanes) is 17. The highest BCUT2D eigenvalue weighted by Crippen LogP contribution is 2.14. The van der Waals surface area contributed by atoms with E-state index in [1.165, 1.54) is 109 Å². The zero-order valence-corrected chi connectivity index (χ0v) is 17.9. The van der Waals surface area contributed by atoms with E-state index in [-0.39, 0.29) is 0 Å². The summed E-state index contributed by atoms with van der Waals surface area (Å²) < 4.78 is 0. The topological polar surface area (TPSA) is 17.1 Å². The number of Topliss-reactive ketones (excluding diaryl/α,β-unsaturated/α-hetero) is 1. The third kappa shape index (κ3) is 21.9. The third-order valence-electron chi connectivity index (χ3n) is 5.18. The lowest BCUT2D eigenvalue weighted by atomic mass is 10.0. The normalized spacial score (nSPS) is 11.1. The van der Waals surface area contributed by atoms with Gasteiger partial charge in [0.15, 0.2) is 0 Å². The van der Waals surface area contributed by atoms with E-state index in [1.54, 1.807) is 0 Å². The van der Waals surface area contributed by atoms with Crippen molar-refractivity contribution in [1.29, 1.82) is 0 Å². The molecule has 2 heteroatoms. The Labute approximate surface area is 163 Å². The van der Waals surface area contributed by atoms with E-state index in [0.717, 1.165) is 12.8 Å². The molecule has 0 rings (SSSR count). The third-order valence-corrected chi connectivity index (χ3v) is 5.37. The summed E-state index contributed by atoms with van der Waals surface area (Å²) in [5, 5.41) is 0. The molecule has 0 radical (unpaired) electrons. The second-order valence-electron chi connectivity index (χ2n) is 7.74. The quantitative estimate of drug-likeness (QED) is 0.145. The summed E-state index contributed by atoms with van der Waals surface area (Å²) in [6, 6.07) is 0. The molecule has 0 fully saturated rings. The Kier molecular flexibility index (Phi) is 22.0. The lowest BCUT2D eigenvalue weighted by Gasteiger charge is -2.04. The molecule has 0 saturated heterocycles. The van der Waals surface area contributed by atoms with Gasteiger partial charge in [0.25, 0.3) is 0 Å². The number of alkyl halides is 1. The predicted octanol–water partition coefficient (Wildman–Crippen LogP) is 8.62. The lowest BCUT2D eigenvalue weighted by Crippen LogP contribution is -1.97. The SMILES string of the molecule is CCCCCCCCCCCCCCCCCCCCC(=O)CCCl. The maximum absolute atomic E-state index is 11.3. The van der Waals surface area contributed by atoms with Crippen molar-refractivity contribution >= 4 is 17.4 Å². The van der Waals surface area contributed by atoms with Crippen LogP contribution in [0.25, 0.3) is 0 Å². The van der Waals surface area contributed by atoms with Crippen molar-refractivity contribution in [3.05, 3.63) is 0 Å². The van der Waals surface area contributed by atoms with Gasteiger partial charge in [0.2, 0.25) is 0 Å². The van der Waals surface area contributed by atoms with Gasteiger partial charge < -0.3 is 0 Å². The van der Waals surface area contributed by atoms with Crippen LogP contribution in [0.4, 0.5) is 0 Å². The maximum Gasteiger partial charge on any atom is 0.134 e. The van der Waals surface area contributed by atoms with Gasteiger partial charge in [-0.15, -0.1) is 11.6 Å². The Morgan fingerprint density at radius 2 is 0.840 bits per heavy atom. The average Bonchev–Trinajstić information content (AvgIpc) is 2.61. The van der Waals surface area contributed by atoms with Crippen LogP contribution in [0, 0.1) is 0 Å². The van der Waals surface area contributed by atoms with Crippen molar-refractivity contribution in [2.45, 2.75) is 135 Å². The van der Waals surface area contributed by atoms with E-state index in [4.69, 9.17) is 11.6 Å².